The van der Waals surface area contributed by atoms with Gasteiger partial charge in [-0.05, 0) is 87.1 Å². The molecule has 4 amide bonds. The smallest absolute Gasteiger partial charge is 0.287 e. The molecule has 4 aromatic heterocycles. The Morgan fingerprint density at radius 1 is 1.01 bits per heavy atom. The number of rotatable bonds is 14. The number of amides is 4. The van der Waals surface area contributed by atoms with Crippen molar-refractivity contribution < 1.29 is 38.5 Å². The van der Waals surface area contributed by atoms with Gasteiger partial charge in [-0.1, -0.05) is 62.7 Å². The Hall–Kier alpha value is -6.51. The summed E-state index contributed by atoms with van der Waals surface area (Å²) >= 11 is 9.44. The number of β-amino-alcohol motifs (C(OH)–C–C–N with tert-alkyl or cyclic N) is 1. The zero-order chi connectivity index (χ0) is 53.0. The summed E-state index contributed by atoms with van der Waals surface area (Å²) in [6.07, 6.45) is 6.96. The maximum absolute atomic E-state index is 14.4. The minimum Gasteiger partial charge on any atom is -0.490 e. The third-order valence-electron chi connectivity index (χ3n) is 14.6. The van der Waals surface area contributed by atoms with Crippen molar-refractivity contribution >= 4 is 74.6 Å². The number of benzene rings is 2. The largest absolute Gasteiger partial charge is 0.490 e. The zero-order valence-corrected chi connectivity index (χ0v) is 45.1. The average molecular weight is 1070 g/mol. The molecule has 1 unspecified atom stereocenters. The summed E-state index contributed by atoms with van der Waals surface area (Å²) in [5.74, 6) is 0.306. The molecule has 4 aliphatic rings. The topological polar surface area (TPSA) is 226 Å². The number of thiophene rings is 1. The molecular weight excluding hydrogens is 1010 g/mol. The molecule has 6 heterocycles. The van der Waals surface area contributed by atoms with Crippen LogP contribution in [0.25, 0.3) is 16.0 Å². The first-order valence-corrected chi connectivity index (χ1v) is 27.3. The van der Waals surface area contributed by atoms with Crippen LogP contribution in [0.5, 0.6) is 5.75 Å². The van der Waals surface area contributed by atoms with Crippen molar-refractivity contribution in [2.75, 3.05) is 6.54 Å². The number of aliphatic hydroxyl groups is 2. The summed E-state index contributed by atoms with van der Waals surface area (Å²) < 4.78 is 14.3. The van der Waals surface area contributed by atoms with E-state index < -0.39 is 47.4 Å². The number of carbonyl (C=O) groups excluding carboxylic acids is 4. The Kier molecular flexibility index (Phi) is 14.5. The minimum absolute atomic E-state index is 0.00765. The fourth-order valence-electron chi connectivity index (χ4n) is 10.3. The SMILES string of the molecule is Cc1sc2c(c1C)C(c1ccc(Cl)cc1)=N[C@@H](CC(=O)N[C@H]1C[C@@H](Oc3ccc4oc(C(=O)N[C@H](C(=O)N5C[C@H](O)C[C@H]5C(=O)N[C@@H](C)C5=CCC(c6scnc6CO)C=C5)C(C)(C)C)cc4c3)C1)c1nnc(C)n1-2. The number of likely N-dealkylation sites (tertiary alicyclic amines) is 1. The van der Waals surface area contributed by atoms with Gasteiger partial charge in [0.1, 0.15) is 46.4 Å². The van der Waals surface area contributed by atoms with Crippen molar-refractivity contribution in [1.82, 2.24) is 40.6 Å². The number of allylic oxidation sites excluding steroid dienone is 2. The van der Waals surface area contributed by atoms with Crippen LogP contribution in [0.15, 0.2) is 87.3 Å². The molecule has 75 heavy (non-hydrogen) atoms. The van der Waals surface area contributed by atoms with Gasteiger partial charge in [0.2, 0.25) is 17.7 Å². The zero-order valence-electron chi connectivity index (χ0n) is 42.7. The number of hydrogen-bond acceptors (Lipinski definition) is 14. The molecule has 17 nitrogen and oxygen atoms in total. The summed E-state index contributed by atoms with van der Waals surface area (Å²) in [6.45, 7) is 13.2. The Bertz CT molecular complexity index is 3290. The van der Waals surface area contributed by atoms with Gasteiger partial charge < -0.3 is 40.2 Å². The second-order valence-electron chi connectivity index (χ2n) is 21.0. The number of nitrogens with zero attached hydrogens (tertiary/aromatic N) is 6. The highest BCUT2D eigenvalue weighted by Crippen LogP contribution is 2.40. The lowest BCUT2D eigenvalue weighted by Gasteiger charge is -2.36. The number of aliphatic hydroxyl groups excluding tert-OH is 2. The van der Waals surface area contributed by atoms with Gasteiger partial charge in [-0.15, -0.1) is 32.9 Å². The minimum atomic E-state index is -1.07. The standard InChI is InChI=1S/C55H60ClN9O8S2/c1-27-29(3)75-54-46(27)47(32-12-14-35(56)15-13-32)60-40(50-63-62-30(4)65(50)54)23-45(68)59-36-20-39(21-36)72-38-16-17-43-34(18-38)19-44(73-43)52(70)61-49(55(5,6)7)53(71)64-24-37(67)22-42(64)51(69)58-28(2)31-8-10-33(11-9-31)48-41(25-66)57-26-74-48/h8-10,12-19,26,28,33,36-37,39-40,42,49,66-67H,11,20-25H2,1-7H3,(H,58,69)(H,59,68)(H,61,70)/t28-,33?,36-,37+,39+,40-,42-,49+/m0/s1. The Morgan fingerprint density at radius 3 is 2.51 bits per heavy atom. The van der Waals surface area contributed by atoms with Crippen molar-refractivity contribution in [3.63, 3.8) is 0 Å². The molecule has 2 aliphatic carbocycles. The number of fused-ring (bicyclic) bond motifs is 4. The van der Waals surface area contributed by atoms with E-state index in [-0.39, 0.29) is 61.8 Å². The molecular formula is C55H60ClN9O8S2. The van der Waals surface area contributed by atoms with E-state index in [9.17, 15) is 29.4 Å². The predicted octanol–water partition coefficient (Wildman–Crippen LogP) is 7.89. The predicted molar refractivity (Wildman–Crippen MR) is 287 cm³/mol. The highest BCUT2D eigenvalue weighted by molar-refractivity contribution is 7.15. The maximum atomic E-state index is 14.4. The van der Waals surface area contributed by atoms with Crippen LogP contribution in [0.1, 0.15) is 126 Å². The molecule has 0 bridgehead atoms. The van der Waals surface area contributed by atoms with Crippen molar-refractivity contribution in [3.05, 3.63) is 132 Å². The Labute approximate surface area is 447 Å². The van der Waals surface area contributed by atoms with Gasteiger partial charge in [-0.3, -0.25) is 28.7 Å². The molecule has 20 heteroatoms. The van der Waals surface area contributed by atoms with Crippen LogP contribution < -0.4 is 20.7 Å². The highest BCUT2D eigenvalue weighted by atomic mass is 35.5. The molecule has 6 atom stereocenters. The lowest BCUT2D eigenvalue weighted by Crippen LogP contribution is -2.58. The molecule has 0 radical (unpaired) electrons. The van der Waals surface area contributed by atoms with Crippen LogP contribution in [0.2, 0.25) is 5.02 Å². The van der Waals surface area contributed by atoms with Crippen LogP contribution in [-0.4, -0.2) is 107 Å². The van der Waals surface area contributed by atoms with Crippen molar-refractivity contribution in [2.24, 2.45) is 10.4 Å². The van der Waals surface area contributed by atoms with Crippen LogP contribution in [-0.2, 0) is 21.0 Å². The number of carbonyl (C=O) groups is 4. The Balaban J connectivity index is 0.747. The molecule has 392 valence electrons. The number of thiazole rings is 1. The quantitative estimate of drug-likeness (QED) is 0.0705. The molecule has 5 N–H and O–H groups in total. The number of ether oxygens (including phenoxy) is 1. The lowest BCUT2D eigenvalue weighted by atomic mass is 9.85. The molecule has 2 aliphatic heterocycles. The molecule has 0 spiro atoms. The van der Waals surface area contributed by atoms with Gasteiger partial charge in [-0.2, -0.15) is 0 Å². The maximum Gasteiger partial charge on any atom is 0.287 e. The molecule has 6 aromatic rings. The third kappa shape index (κ3) is 10.6. The summed E-state index contributed by atoms with van der Waals surface area (Å²) in [7, 11) is 0. The van der Waals surface area contributed by atoms with E-state index in [2.05, 4.69) is 51.1 Å². The number of aromatic nitrogens is 4. The van der Waals surface area contributed by atoms with E-state index in [4.69, 9.17) is 25.7 Å². The van der Waals surface area contributed by atoms with E-state index in [0.717, 1.165) is 48.6 Å². The molecule has 2 fully saturated rings. The molecule has 1 saturated heterocycles. The number of nitrogens with one attached hydrogen (secondary N) is 3. The van der Waals surface area contributed by atoms with Crippen molar-refractivity contribution in [2.45, 2.75) is 136 Å². The number of aryl methyl sites for hydroxylation is 2. The second kappa shape index (κ2) is 20.9. The highest BCUT2D eigenvalue weighted by Gasteiger charge is 2.45. The lowest BCUT2D eigenvalue weighted by molar-refractivity contribution is -0.142. The van der Waals surface area contributed by atoms with Gasteiger partial charge in [-0.25, -0.2) is 4.98 Å². The summed E-state index contributed by atoms with van der Waals surface area (Å²) in [5, 5.41) is 40.7. The van der Waals surface area contributed by atoms with E-state index in [1.54, 1.807) is 41.1 Å². The molecule has 1 saturated carbocycles. The van der Waals surface area contributed by atoms with Crippen molar-refractivity contribution in [3.8, 4) is 10.8 Å². The van der Waals surface area contributed by atoms with E-state index in [1.165, 1.54) is 16.2 Å². The van der Waals surface area contributed by atoms with Gasteiger partial charge in [0, 0.05) is 69.1 Å². The van der Waals surface area contributed by atoms with Gasteiger partial charge >= 0.3 is 0 Å². The number of aliphatic imine (C=N–C) groups is 1. The number of halogens is 1. The number of hydrogen-bond donors (Lipinski definition) is 5. The molecule has 10 rings (SSSR count). The second-order valence-corrected chi connectivity index (χ2v) is 23.5. The fourth-order valence-corrected chi connectivity index (χ4v) is 12.6. The Morgan fingerprint density at radius 2 is 1.79 bits per heavy atom. The van der Waals surface area contributed by atoms with Crippen molar-refractivity contribution in [1.29, 1.82) is 0 Å². The fraction of sp³-hybridized carbons (Fsp3) is 0.418. The van der Waals surface area contributed by atoms with Gasteiger partial charge in [0.15, 0.2) is 11.6 Å². The normalized spacial score (nSPS) is 22.0. The van der Waals surface area contributed by atoms with E-state index in [0.29, 0.717) is 52.5 Å². The summed E-state index contributed by atoms with van der Waals surface area (Å²) in [5.41, 5.74) is 6.74. The first-order chi connectivity index (χ1) is 35.8. The first-order valence-electron chi connectivity index (χ1n) is 25.2. The van der Waals surface area contributed by atoms with Crippen LogP contribution in [0, 0.1) is 26.2 Å². The van der Waals surface area contributed by atoms with E-state index in [1.807, 2.05) is 75.6 Å². The van der Waals surface area contributed by atoms with E-state index >= 15 is 0 Å². The van der Waals surface area contributed by atoms with Gasteiger partial charge in [0.05, 0.1) is 42.1 Å². The van der Waals surface area contributed by atoms with Crippen LogP contribution in [0.3, 0.4) is 0 Å². The summed E-state index contributed by atoms with van der Waals surface area (Å²) in [4.78, 5) is 68.9. The number of furan rings is 1. The average Bonchev–Trinajstić information content (AvgIpc) is 4.22. The van der Waals surface area contributed by atoms with Gasteiger partial charge in [0.25, 0.3) is 5.91 Å². The first kappa shape index (κ1) is 52.0. The summed E-state index contributed by atoms with van der Waals surface area (Å²) in [6, 6.07) is 11.4. The van der Waals surface area contributed by atoms with Crippen LogP contribution in [0.4, 0.5) is 0 Å². The third-order valence-corrected chi connectivity index (χ3v) is 17.1. The molecule has 2 aromatic carbocycles. The monoisotopic (exact) mass is 1070 g/mol. The van der Waals surface area contributed by atoms with Crippen LogP contribution >= 0.6 is 34.3 Å².